The van der Waals surface area contributed by atoms with Gasteiger partial charge in [-0.15, -0.1) is 0 Å². The number of para-hydroxylation sites is 1. The van der Waals surface area contributed by atoms with Crippen LogP contribution in [-0.2, 0) is 10.4 Å². The fraction of sp³-hybridized carbons (Fsp3) is 0. The molecule has 74 valence electrons. The van der Waals surface area contributed by atoms with Crippen LogP contribution in [-0.4, -0.2) is 13.0 Å². The van der Waals surface area contributed by atoms with Gasteiger partial charge in [0.15, 0.2) is 0 Å². The molecule has 1 aromatic rings. The highest BCUT2D eigenvalue weighted by Crippen LogP contribution is 2.09. The zero-order valence-electron chi connectivity index (χ0n) is 6.62. The van der Waals surface area contributed by atoms with E-state index in [0.717, 1.165) is 0 Å². The summed E-state index contributed by atoms with van der Waals surface area (Å²) in [5.74, 6) is 8.09. The van der Waals surface area contributed by atoms with Crippen LogP contribution in [0.15, 0.2) is 30.3 Å². The van der Waals surface area contributed by atoms with Crippen molar-refractivity contribution in [1.82, 2.24) is 0 Å². The minimum atomic E-state index is -4.38. The van der Waals surface area contributed by atoms with Crippen LogP contribution in [0.5, 0.6) is 5.75 Å². The summed E-state index contributed by atoms with van der Waals surface area (Å²) in [5.41, 5.74) is 0. The van der Waals surface area contributed by atoms with Crippen molar-refractivity contribution < 1.29 is 17.2 Å². The summed E-state index contributed by atoms with van der Waals surface area (Å²) in [5, 5.41) is 0. The van der Waals surface area contributed by atoms with Crippen LogP contribution in [0, 0.1) is 0 Å². The zero-order chi connectivity index (χ0) is 10.3. The van der Waals surface area contributed by atoms with Gasteiger partial charge in [-0.2, -0.15) is 8.42 Å². The lowest BCUT2D eigenvalue weighted by Gasteiger charge is -1.98. The van der Waals surface area contributed by atoms with Crippen LogP contribution < -0.4 is 15.9 Å². The molecule has 0 aliphatic carbocycles. The monoisotopic (exact) mass is 206 g/mol. The van der Waals surface area contributed by atoms with Gasteiger partial charge in [-0.1, -0.05) is 18.2 Å². The van der Waals surface area contributed by atoms with Crippen molar-refractivity contribution in [2.24, 2.45) is 11.7 Å². The van der Waals surface area contributed by atoms with Crippen LogP contribution >= 0.6 is 0 Å². The molecule has 6 nitrogen and oxygen atoms in total. The second-order valence-corrected chi connectivity index (χ2v) is 2.85. The molecular formula is C6H10N2O4S. The van der Waals surface area contributed by atoms with Gasteiger partial charge in [-0.05, 0) is 12.1 Å². The van der Waals surface area contributed by atoms with E-state index in [1.54, 1.807) is 18.2 Å². The van der Waals surface area contributed by atoms with E-state index in [-0.39, 0.29) is 5.75 Å². The first-order valence-electron chi connectivity index (χ1n) is 3.13. The predicted molar refractivity (Wildman–Crippen MR) is 47.0 cm³/mol. The molecule has 0 bridgehead atoms. The summed E-state index contributed by atoms with van der Waals surface area (Å²) in [7, 11) is -4.38. The lowest BCUT2D eigenvalue weighted by atomic mass is 10.3. The highest BCUT2D eigenvalue weighted by Gasteiger charge is 2.04. The maximum atomic E-state index is 10.1. The van der Waals surface area contributed by atoms with E-state index in [4.69, 9.17) is 4.55 Å². The molecule has 0 aromatic heterocycles. The molecule has 13 heavy (non-hydrogen) atoms. The standard InChI is InChI=1S/C6H6O4S.H4N2/c7-11(8,9)10-6-4-2-1-3-5-6;1-2/h1-5H,(H,7,8,9);1-2H2. The van der Waals surface area contributed by atoms with Crippen LogP contribution in [0.4, 0.5) is 0 Å². The van der Waals surface area contributed by atoms with Crippen molar-refractivity contribution in [3.8, 4) is 5.75 Å². The smallest absolute Gasteiger partial charge is 0.362 e. The molecule has 0 aliphatic heterocycles. The van der Waals surface area contributed by atoms with Gasteiger partial charge in [0.2, 0.25) is 0 Å². The summed E-state index contributed by atoms with van der Waals surface area (Å²) < 4.78 is 32.6. The first-order valence-corrected chi connectivity index (χ1v) is 4.50. The van der Waals surface area contributed by atoms with Crippen molar-refractivity contribution in [2.45, 2.75) is 0 Å². The van der Waals surface area contributed by atoms with Gasteiger partial charge in [0.1, 0.15) is 5.75 Å². The number of hydrogen-bond donors (Lipinski definition) is 3. The number of hydrazine groups is 1. The summed E-state index contributed by atoms with van der Waals surface area (Å²) in [6.07, 6.45) is 0. The molecule has 0 saturated carbocycles. The van der Waals surface area contributed by atoms with Gasteiger partial charge in [0.05, 0.1) is 0 Å². The third-order valence-corrected chi connectivity index (χ3v) is 1.35. The average molecular weight is 206 g/mol. The number of nitrogens with two attached hydrogens (primary N) is 2. The Labute approximate surface area is 76.0 Å². The molecule has 1 aromatic carbocycles. The first kappa shape index (κ1) is 11.8. The maximum Gasteiger partial charge on any atom is 0.446 e. The highest BCUT2D eigenvalue weighted by molar-refractivity contribution is 7.81. The molecule has 0 spiro atoms. The van der Waals surface area contributed by atoms with E-state index in [2.05, 4.69) is 15.9 Å². The SMILES string of the molecule is NN.O=S(=O)(O)Oc1ccccc1. The van der Waals surface area contributed by atoms with Gasteiger partial charge < -0.3 is 4.18 Å². The Morgan fingerprint density at radius 2 is 1.62 bits per heavy atom. The largest absolute Gasteiger partial charge is 0.446 e. The summed E-state index contributed by atoms with van der Waals surface area (Å²) >= 11 is 0. The van der Waals surface area contributed by atoms with Gasteiger partial charge in [0.25, 0.3) is 0 Å². The van der Waals surface area contributed by atoms with Crippen LogP contribution in [0.2, 0.25) is 0 Å². The lowest BCUT2D eigenvalue weighted by Crippen LogP contribution is -2.06. The number of rotatable bonds is 2. The van der Waals surface area contributed by atoms with E-state index in [1.165, 1.54) is 12.1 Å². The molecule has 5 N–H and O–H groups in total. The summed E-state index contributed by atoms with van der Waals surface area (Å²) in [6, 6.07) is 7.75. The molecule has 0 atom stereocenters. The van der Waals surface area contributed by atoms with Gasteiger partial charge in [-0.3, -0.25) is 16.2 Å². The van der Waals surface area contributed by atoms with Gasteiger partial charge >= 0.3 is 10.4 Å². The Hall–Kier alpha value is -1.15. The number of benzene rings is 1. The average Bonchev–Trinajstić information content (AvgIpc) is 2.07. The second kappa shape index (κ2) is 5.49. The molecule has 0 fully saturated rings. The van der Waals surface area contributed by atoms with E-state index in [9.17, 15) is 8.42 Å². The van der Waals surface area contributed by atoms with Crippen molar-refractivity contribution >= 4 is 10.4 Å². The van der Waals surface area contributed by atoms with Crippen molar-refractivity contribution in [3.05, 3.63) is 30.3 Å². The minimum absolute atomic E-state index is 0.0926. The Bertz CT molecular complexity index is 324. The van der Waals surface area contributed by atoms with Crippen LogP contribution in [0.25, 0.3) is 0 Å². The summed E-state index contributed by atoms with van der Waals surface area (Å²) in [4.78, 5) is 0. The highest BCUT2D eigenvalue weighted by atomic mass is 32.3. The van der Waals surface area contributed by atoms with Crippen LogP contribution in [0.3, 0.4) is 0 Å². The first-order chi connectivity index (χ1) is 6.08. The molecular weight excluding hydrogens is 196 g/mol. The van der Waals surface area contributed by atoms with Crippen molar-refractivity contribution in [3.63, 3.8) is 0 Å². The Balaban J connectivity index is 0.000000671. The molecule has 7 heteroatoms. The Morgan fingerprint density at radius 3 is 2.00 bits per heavy atom. The lowest BCUT2D eigenvalue weighted by molar-refractivity contribution is 0.387. The quantitative estimate of drug-likeness (QED) is 0.347. The molecule has 0 heterocycles. The topological polar surface area (TPSA) is 116 Å². The van der Waals surface area contributed by atoms with E-state index >= 15 is 0 Å². The van der Waals surface area contributed by atoms with Crippen molar-refractivity contribution in [2.75, 3.05) is 0 Å². The fourth-order valence-corrected chi connectivity index (χ4v) is 0.952. The van der Waals surface area contributed by atoms with Crippen LogP contribution in [0.1, 0.15) is 0 Å². The van der Waals surface area contributed by atoms with Crippen molar-refractivity contribution in [1.29, 1.82) is 0 Å². The Kier molecular flexibility index (Phi) is 5.00. The molecule has 0 radical (unpaired) electrons. The van der Waals surface area contributed by atoms with E-state index in [0.29, 0.717) is 0 Å². The molecule has 0 aliphatic rings. The third-order valence-electron chi connectivity index (χ3n) is 0.945. The Morgan fingerprint density at radius 1 is 1.15 bits per heavy atom. The third kappa shape index (κ3) is 6.05. The minimum Gasteiger partial charge on any atom is -0.362 e. The van der Waals surface area contributed by atoms with Gasteiger partial charge in [0, 0.05) is 0 Å². The van der Waals surface area contributed by atoms with E-state index < -0.39 is 10.4 Å². The number of hydrogen-bond acceptors (Lipinski definition) is 5. The fourth-order valence-electron chi connectivity index (χ4n) is 0.598. The second-order valence-electron chi connectivity index (χ2n) is 1.82. The molecule has 1 rings (SSSR count). The predicted octanol–water partition coefficient (Wildman–Crippen LogP) is -0.313. The maximum absolute atomic E-state index is 10.1. The normalized spacial score (nSPS) is 9.77. The molecule has 0 amide bonds. The molecule has 0 saturated heterocycles. The van der Waals surface area contributed by atoms with Gasteiger partial charge in [-0.25, -0.2) is 0 Å². The zero-order valence-corrected chi connectivity index (χ0v) is 7.44. The molecule has 0 unspecified atom stereocenters. The van der Waals surface area contributed by atoms with E-state index in [1.807, 2.05) is 0 Å². The summed E-state index contributed by atoms with van der Waals surface area (Å²) in [6.45, 7) is 0.